The first-order valence-electron chi connectivity index (χ1n) is 11.1. The second kappa shape index (κ2) is 9.49. The second-order valence-electron chi connectivity index (χ2n) is 8.45. The van der Waals surface area contributed by atoms with Gasteiger partial charge >= 0.3 is 5.95 Å². The van der Waals surface area contributed by atoms with E-state index in [-0.39, 0.29) is 6.61 Å². The number of rotatable bonds is 8. The van der Waals surface area contributed by atoms with Crippen LogP contribution in [0.5, 0.6) is 5.75 Å². The Labute approximate surface area is 178 Å². The maximum Gasteiger partial charge on any atom is 0.356 e. The molecule has 1 aromatic heterocycles. The highest BCUT2D eigenvalue weighted by Gasteiger charge is 2.24. The molecule has 6 nitrogen and oxygen atoms in total. The Morgan fingerprint density at radius 1 is 1.10 bits per heavy atom. The zero-order valence-electron chi connectivity index (χ0n) is 17.9. The third-order valence-corrected chi connectivity index (χ3v) is 6.12. The van der Waals surface area contributed by atoms with Crippen molar-refractivity contribution in [3.63, 3.8) is 0 Å². The molecule has 0 amide bonds. The normalized spacial score (nSPS) is 16.1. The van der Waals surface area contributed by atoms with Gasteiger partial charge in [0.1, 0.15) is 49.1 Å². The van der Waals surface area contributed by atoms with E-state index in [9.17, 15) is 5.11 Å². The lowest BCUT2D eigenvalue weighted by atomic mass is 10.1. The van der Waals surface area contributed by atoms with Gasteiger partial charge in [0.05, 0.1) is 13.1 Å². The second-order valence-corrected chi connectivity index (χ2v) is 8.45. The van der Waals surface area contributed by atoms with Gasteiger partial charge in [-0.25, -0.2) is 9.13 Å². The van der Waals surface area contributed by atoms with Crippen LogP contribution in [-0.2, 0) is 13.1 Å². The maximum atomic E-state index is 10.6. The number of nitrogens with one attached hydrogen (secondary N) is 1. The number of ether oxygens (including phenoxy) is 1. The first-order valence-corrected chi connectivity index (χ1v) is 11.1. The summed E-state index contributed by atoms with van der Waals surface area (Å²) < 4.78 is 9.98. The highest BCUT2D eigenvalue weighted by atomic mass is 16.5. The monoisotopic (exact) mass is 410 g/mol. The van der Waals surface area contributed by atoms with E-state index in [2.05, 4.69) is 16.7 Å². The van der Waals surface area contributed by atoms with E-state index in [0.717, 1.165) is 29.9 Å². The van der Waals surface area contributed by atoms with E-state index in [0.29, 0.717) is 12.5 Å². The van der Waals surface area contributed by atoms with E-state index < -0.39 is 6.10 Å². The summed E-state index contributed by atoms with van der Waals surface area (Å²) in [5.41, 5.74) is 9.93. The molecule has 1 aliphatic rings. The van der Waals surface area contributed by atoms with Crippen molar-refractivity contribution in [3.8, 4) is 5.75 Å². The molecule has 2 heterocycles. The van der Waals surface area contributed by atoms with Crippen molar-refractivity contribution in [2.45, 2.75) is 45.4 Å². The van der Waals surface area contributed by atoms with Gasteiger partial charge in [-0.3, -0.25) is 5.73 Å². The lowest BCUT2D eigenvalue weighted by Gasteiger charge is -2.22. The predicted molar refractivity (Wildman–Crippen MR) is 119 cm³/mol. The average molecular weight is 411 g/mol. The van der Waals surface area contributed by atoms with Crippen molar-refractivity contribution in [2.24, 2.45) is 0 Å². The first kappa shape index (κ1) is 20.7. The lowest BCUT2D eigenvalue weighted by molar-refractivity contribution is -0.905. The number of fused-ring (bicyclic) bond motifs is 1. The van der Waals surface area contributed by atoms with Crippen molar-refractivity contribution in [1.82, 2.24) is 4.57 Å². The smallest absolute Gasteiger partial charge is 0.356 e. The van der Waals surface area contributed by atoms with Crippen molar-refractivity contribution in [1.29, 1.82) is 0 Å². The Kier molecular flexibility index (Phi) is 6.55. The average Bonchev–Trinajstić information content (AvgIpc) is 3.03. The molecule has 1 saturated heterocycles. The molecule has 2 aromatic carbocycles. The van der Waals surface area contributed by atoms with Gasteiger partial charge in [0, 0.05) is 0 Å². The number of nitrogens with two attached hydrogens (primary N) is 1. The minimum absolute atomic E-state index is 0.229. The van der Waals surface area contributed by atoms with Crippen LogP contribution < -0.4 is 19.9 Å². The van der Waals surface area contributed by atoms with Crippen LogP contribution >= 0.6 is 0 Å². The molecule has 4 N–H and O–H groups in total. The van der Waals surface area contributed by atoms with Crippen LogP contribution in [0, 0.1) is 6.92 Å². The van der Waals surface area contributed by atoms with Crippen LogP contribution in [0.1, 0.15) is 24.8 Å². The summed E-state index contributed by atoms with van der Waals surface area (Å²) in [7, 11) is 0. The molecule has 4 rings (SSSR count). The summed E-state index contributed by atoms with van der Waals surface area (Å²) in [6.45, 7) is 7.17. The molecule has 6 heteroatoms. The minimum atomic E-state index is -0.648. The van der Waals surface area contributed by atoms with Crippen LogP contribution in [0.25, 0.3) is 11.0 Å². The SMILES string of the molecule is Cc1ccc(OC[C@H](O)C[n+]2c(N)n(CC[NH+]3CCCCC3)c3ccccc32)cc1. The zero-order chi connectivity index (χ0) is 20.9. The number of likely N-dealkylation sites (tertiary alicyclic amines) is 1. The number of para-hydroxylation sites is 2. The Morgan fingerprint density at radius 2 is 1.83 bits per heavy atom. The number of aromatic nitrogens is 2. The molecule has 0 bridgehead atoms. The Morgan fingerprint density at radius 3 is 2.60 bits per heavy atom. The standard InChI is InChI=1S/C24H32N4O2/c1-19-9-11-21(12-10-19)30-18-20(29)17-28-23-8-4-3-7-22(23)27(24(28)25)16-15-26-13-5-2-6-14-26/h3-4,7-12,20,25,29H,2,5-6,13-18H2,1H3/p+2/t20-/m1/s1. The molecule has 0 saturated carbocycles. The van der Waals surface area contributed by atoms with Crippen LogP contribution in [-0.4, -0.2) is 42.0 Å². The van der Waals surface area contributed by atoms with Crippen LogP contribution in [0.2, 0.25) is 0 Å². The number of anilines is 1. The molecule has 1 atom stereocenters. The maximum absolute atomic E-state index is 10.6. The van der Waals surface area contributed by atoms with Crippen LogP contribution in [0.15, 0.2) is 48.5 Å². The van der Waals surface area contributed by atoms with Gasteiger partial charge < -0.3 is 14.7 Å². The lowest BCUT2D eigenvalue weighted by Crippen LogP contribution is -3.13. The fourth-order valence-electron chi connectivity index (χ4n) is 4.40. The molecular weight excluding hydrogens is 376 g/mol. The van der Waals surface area contributed by atoms with Crippen molar-refractivity contribution in [2.75, 3.05) is 32.0 Å². The van der Waals surface area contributed by atoms with Crippen molar-refractivity contribution >= 4 is 17.0 Å². The van der Waals surface area contributed by atoms with E-state index in [1.807, 2.05) is 47.9 Å². The summed E-state index contributed by atoms with van der Waals surface area (Å²) in [6, 6.07) is 16.1. The van der Waals surface area contributed by atoms with Gasteiger partial charge in [0.25, 0.3) is 0 Å². The number of aryl methyl sites for hydroxylation is 1. The number of piperidine rings is 1. The number of aliphatic hydroxyl groups is 1. The molecule has 30 heavy (non-hydrogen) atoms. The van der Waals surface area contributed by atoms with E-state index in [1.165, 1.54) is 37.9 Å². The molecule has 160 valence electrons. The zero-order valence-corrected chi connectivity index (χ0v) is 17.9. The van der Waals surface area contributed by atoms with Gasteiger partial charge in [0.15, 0.2) is 0 Å². The Hall–Kier alpha value is -2.57. The number of benzene rings is 2. The fraction of sp³-hybridized carbons (Fsp3) is 0.458. The van der Waals surface area contributed by atoms with Crippen molar-refractivity contribution in [3.05, 3.63) is 54.1 Å². The van der Waals surface area contributed by atoms with Crippen LogP contribution in [0.3, 0.4) is 0 Å². The number of hydrogen-bond donors (Lipinski definition) is 3. The van der Waals surface area contributed by atoms with Gasteiger partial charge in [-0.05, 0) is 50.5 Å². The van der Waals surface area contributed by atoms with Gasteiger partial charge in [-0.2, -0.15) is 0 Å². The third kappa shape index (κ3) is 4.77. The first-order chi connectivity index (χ1) is 14.6. The third-order valence-electron chi connectivity index (χ3n) is 6.12. The van der Waals surface area contributed by atoms with Gasteiger partial charge in [-0.1, -0.05) is 29.8 Å². The predicted octanol–water partition coefficient (Wildman–Crippen LogP) is 1.33. The summed E-state index contributed by atoms with van der Waals surface area (Å²) in [5, 5.41) is 10.6. The highest BCUT2D eigenvalue weighted by molar-refractivity contribution is 5.73. The summed E-state index contributed by atoms with van der Waals surface area (Å²) >= 11 is 0. The van der Waals surface area contributed by atoms with Crippen LogP contribution in [0.4, 0.5) is 5.95 Å². The largest absolute Gasteiger partial charge is 0.491 e. The summed E-state index contributed by atoms with van der Waals surface area (Å²) in [6.07, 6.45) is 3.36. The van der Waals surface area contributed by atoms with Gasteiger partial charge in [-0.15, -0.1) is 0 Å². The number of hydrogen-bond acceptors (Lipinski definition) is 3. The molecule has 0 unspecified atom stereocenters. The molecule has 1 aliphatic heterocycles. The van der Waals surface area contributed by atoms with Gasteiger partial charge in [0.2, 0.25) is 0 Å². The molecule has 0 radical (unpaired) electrons. The molecular formula is C24H34N4O2+2. The number of nitrogen functional groups attached to an aromatic ring is 1. The summed E-state index contributed by atoms with van der Waals surface area (Å²) in [4.78, 5) is 1.66. The fourth-order valence-corrected chi connectivity index (χ4v) is 4.40. The Balaban J connectivity index is 1.46. The number of imidazole rings is 1. The molecule has 0 aliphatic carbocycles. The highest BCUT2D eigenvalue weighted by Crippen LogP contribution is 2.16. The van der Waals surface area contributed by atoms with E-state index >= 15 is 0 Å². The number of nitrogens with zero attached hydrogens (tertiary/aromatic N) is 2. The molecule has 0 spiro atoms. The topological polar surface area (TPSA) is 68.7 Å². The Bertz CT molecular complexity index is 961. The summed E-state index contributed by atoms with van der Waals surface area (Å²) in [5.74, 6) is 1.46. The van der Waals surface area contributed by atoms with Crippen molar-refractivity contribution < 1.29 is 19.3 Å². The quantitative estimate of drug-likeness (QED) is 0.491. The molecule has 3 aromatic rings. The number of quaternary nitrogens is 1. The minimum Gasteiger partial charge on any atom is -0.491 e. The van der Waals surface area contributed by atoms with E-state index in [1.54, 1.807) is 4.90 Å². The van der Waals surface area contributed by atoms with E-state index in [4.69, 9.17) is 10.5 Å². The number of aliphatic hydroxyl groups excluding tert-OH is 1. The molecule has 1 fully saturated rings.